The fraction of sp³-hybridized carbons (Fsp3) is 0.231. The Hall–Kier alpha value is -1.44. The number of fused-ring (bicyclic) bond motifs is 1. The number of hydrogen-bond donors (Lipinski definition) is 0. The fourth-order valence-electron chi connectivity index (χ4n) is 1.87. The maximum Gasteiger partial charge on any atom is 0.253 e. The van der Waals surface area contributed by atoms with Crippen molar-refractivity contribution in [3.8, 4) is 0 Å². The molecule has 0 aliphatic carbocycles. The highest BCUT2D eigenvalue weighted by Gasteiger charge is 2.13. The molecule has 0 radical (unpaired) electrons. The summed E-state index contributed by atoms with van der Waals surface area (Å²) in [5.74, 6) is 0.865. The molecule has 3 aromatic rings. The lowest BCUT2D eigenvalue weighted by atomic mass is 10.4. The molecule has 0 bridgehead atoms. The standard InChI is InChI=1S/C13H11ClN4OS2/c1-7-5-8(2)18-12(15-7)16-13(17-18)20-6-9(19)10-3-4-11(14)21-10/h3-5H,6H2,1-2H3. The first-order chi connectivity index (χ1) is 10.0. The average Bonchev–Trinajstić information content (AvgIpc) is 3.02. The lowest BCUT2D eigenvalue weighted by Gasteiger charge is -1.97. The van der Waals surface area contributed by atoms with Crippen LogP contribution in [-0.2, 0) is 0 Å². The highest BCUT2D eigenvalue weighted by Crippen LogP contribution is 2.24. The Morgan fingerprint density at radius 3 is 2.90 bits per heavy atom. The molecule has 3 heterocycles. The number of aromatic nitrogens is 4. The van der Waals surface area contributed by atoms with Gasteiger partial charge in [0.05, 0.1) is 15.0 Å². The molecule has 0 N–H and O–H groups in total. The summed E-state index contributed by atoms with van der Waals surface area (Å²) in [4.78, 5) is 21.3. The Balaban J connectivity index is 1.76. The van der Waals surface area contributed by atoms with E-state index in [9.17, 15) is 4.79 Å². The van der Waals surface area contributed by atoms with Crippen LogP contribution in [0.3, 0.4) is 0 Å². The molecule has 3 aromatic heterocycles. The minimum Gasteiger partial charge on any atom is -0.292 e. The molecule has 5 nitrogen and oxygen atoms in total. The van der Waals surface area contributed by atoms with Crippen molar-refractivity contribution >= 4 is 46.3 Å². The van der Waals surface area contributed by atoms with Gasteiger partial charge in [-0.15, -0.1) is 16.4 Å². The van der Waals surface area contributed by atoms with E-state index in [2.05, 4.69) is 15.1 Å². The van der Waals surface area contributed by atoms with E-state index in [1.54, 1.807) is 16.6 Å². The van der Waals surface area contributed by atoms with Crippen molar-refractivity contribution in [2.75, 3.05) is 5.75 Å². The second-order valence-electron chi connectivity index (χ2n) is 4.46. The lowest BCUT2D eigenvalue weighted by molar-refractivity contribution is 0.102. The van der Waals surface area contributed by atoms with Gasteiger partial charge in [-0.3, -0.25) is 4.79 Å². The van der Waals surface area contributed by atoms with Crippen molar-refractivity contribution in [3.63, 3.8) is 0 Å². The quantitative estimate of drug-likeness (QED) is 0.538. The molecule has 0 unspecified atom stereocenters. The van der Waals surface area contributed by atoms with Gasteiger partial charge < -0.3 is 0 Å². The van der Waals surface area contributed by atoms with Crippen molar-refractivity contribution < 1.29 is 4.79 Å². The SMILES string of the molecule is Cc1cc(C)n2nc(SCC(=O)c3ccc(Cl)s3)nc2n1. The van der Waals surface area contributed by atoms with Gasteiger partial charge in [-0.2, -0.15) is 4.98 Å². The summed E-state index contributed by atoms with van der Waals surface area (Å²) in [6.07, 6.45) is 0. The monoisotopic (exact) mass is 338 g/mol. The Morgan fingerprint density at radius 2 is 2.19 bits per heavy atom. The van der Waals surface area contributed by atoms with Crippen molar-refractivity contribution in [2.45, 2.75) is 19.0 Å². The van der Waals surface area contributed by atoms with Crippen molar-refractivity contribution in [1.82, 2.24) is 19.6 Å². The fourth-order valence-corrected chi connectivity index (χ4v) is 3.65. The predicted molar refractivity (Wildman–Crippen MR) is 84.6 cm³/mol. The minimum absolute atomic E-state index is 0.0246. The maximum atomic E-state index is 12.0. The number of hydrogen-bond acceptors (Lipinski definition) is 6. The number of Topliss-reactive ketones (excluding diaryl/α,β-unsaturated/α-hetero) is 1. The van der Waals surface area contributed by atoms with Crippen LogP contribution in [0.4, 0.5) is 0 Å². The van der Waals surface area contributed by atoms with Crippen LogP contribution in [0.25, 0.3) is 5.78 Å². The molecule has 21 heavy (non-hydrogen) atoms. The zero-order valence-electron chi connectivity index (χ0n) is 11.3. The number of ketones is 1. The smallest absolute Gasteiger partial charge is 0.253 e. The van der Waals surface area contributed by atoms with E-state index in [-0.39, 0.29) is 11.5 Å². The van der Waals surface area contributed by atoms with Gasteiger partial charge in [0.2, 0.25) is 5.16 Å². The van der Waals surface area contributed by atoms with Gasteiger partial charge in [0.15, 0.2) is 5.78 Å². The number of carbonyl (C=O) groups excluding carboxylic acids is 1. The minimum atomic E-state index is 0.0246. The van der Waals surface area contributed by atoms with E-state index in [0.717, 1.165) is 11.4 Å². The number of carbonyl (C=O) groups is 1. The molecule has 0 saturated carbocycles. The van der Waals surface area contributed by atoms with Gasteiger partial charge in [-0.05, 0) is 32.0 Å². The van der Waals surface area contributed by atoms with E-state index in [1.165, 1.54) is 23.1 Å². The zero-order valence-corrected chi connectivity index (χ0v) is 13.7. The first kappa shape index (κ1) is 14.5. The topological polar surface area (TPSA) is 60.2 Å². The lowest BCUT2D eigenvalue weighted by Crippen LogP contribution is -1.99. The molecule has 0 aliphatic heterocycles. The van der Waals surface area contributed by atoms with Gasteiger partial charge in [-0.1, -0.05) is 23.4 Å². The molecule has 0 atom stereocenters. The molecule has 108 valence electrons. The Labute approximate surface area is 134 Å². The van der Waals surface area contributed by atoms with Crippen LogP contribution in [0.1, 0.15) is 21.1 Å². The first-order valence-electron chi connectivity index (χ1n) is 6.15. The van der Waals surface area contributed by atoms with Crippen LogP contribution in [0.2, 0.25) is 4.34 Å². The Morgan fingerprint density at radius 1 is 1.38 bits per heavy atom. The van der Waals surface area contributed by atoms with Crippen molar-refractivity contribution in [1.29, 1.82) is 0 Å². The van der Waals surface area contributed by atoms with Gasteiger partial charge >= 0.3 is 0 Å². The largest absolute Gasteiger partial charge is 0.292 e. The molecule has 0 saturated heterocycles. The van der Waals surface area contributed by atoms with E-state index >= 15 is 0 Å². The van der Waals surface area contributed by atoms with Gasteiger partial charge in [-0.25, -0.2) is 9.50 Å². The second kappa shape index (κ2) is 5.75. The number of aryl methyl sites for hydroxylation is 2. The summed E-state index contributed by atoms with van der Waals surface area (Å²) in [6.45, 7) is 3.86. The summed E-state index contributed by atoms with van der Waals surface area (Å²) < 4.78 is 2.30. The predicted octanol–water partition coefficient (Wildman–Crippen LogP) is 3.43. The molecule has 0 fully saturated rings. The molecule has 0 aliphatic rings. The zero-order chi connectivity index (χ0) is 15.0. The van der Waals surface area contributed by atoms with E-state index in [4.69, 9.17) is 11.6 Å². The molecule has 0 amide bonds. The normalized spacial score (nSPS) is 11.2. The maximum absolute atomic E-state index is 12.0. The van der Waals surface area contributed by atoms with Crippen LogP contribution in [0.15, 0.2) is 23.4 Å². The molecule has 0 aromatic carbocycles. The summed E-state index contributed by atoms with van der Waals surface area (Å²) in [5.41, 5.74) is 1.86. The summed E-state index contributed by atoms with van der Waals surface area (Å²) >= 11 is 8.42. The van der Waals surface area contributed by atoms with Crippen LogP contribution >= 0.6 is 34.7 Å². The Kier molecular flexibility index (Phi) is 3.97. The third-order valence-corrected chi connectivity index (χ3v) is 4.89. The van der Waals surface area contributed by atoms with Crippen LogP contribution in [-0.4, -0.2) is 31.1 Å². The molecular weight excluding hydrogens is 328 g/mol. The average molecular weight is 339 g/mol. The van der Waals surface area contributed by atoms with Crippen LogP contribution < -0.4 is 0 Å². The highest BCUT2D eigenvalue weighted by atomic mass is 35.5. The third kappa shape index (κ3) is 3.09. The van der Waals surface area contributed by atoms with Crippen molar-refractivity contribution in [3.05, 3.63) is 38.8 Å². The second-order valence-corrected chi connectivity index (χ2v) is 7.12. The first-order valence-corrected chi connectivity index (χ1v) is 8.33. The molecule has 0 spiro atoms. The number of nitrogens with zero attached hydrogens (tertiary/aromatic N) is 4. The van der Waals surface area contributed by atoms with Gasteiger partial charge in [0, 0.05) is 11.4 Å². The van der Waals surface area contributed by atoms with Crippen LogP contribution in [0, 0.1) is 13.8 Å². The highest BCUT2D eigenvalue weighted by molar-refractivity contribution is 7.99. The van der Waals surface area contributed by atoms with E-state index in [0.29, 0.717) is 20.1 Å². The third-order valence-electron chi connectivity index (χ3n) is 2.78. The summed E-state index contributed by atoms with van der Waals surface area (Å²) in [5, 5.41) is 4.90. The summed E-state index contributed by atoms with van der Waals surface area (Å²) in [7, 11) is 0. The number of thioether (sulfide) groups is 1. The molecule has 8 heteroatoms. The van der Waals surface area contributed by atoms with E-state index < -0.39 is 0 Å². The van der Waals surface area contributed by atoms with Crippen LogP contribution in [0.5, 0.6) is 0 Å². The Bertz CT molecular complexity index is 827. The summed E-state index contributed by atoms with van der Waals surface area (Å²) in [6, 6.07) is 5.40. The van der Waals surface area contributed by atoms with E-state index in [1.807, 2.05) is 19.9 Å². The molecule has 3 rings (SSSR count). The van der Waals surface area contributed by atoms with Gasteiger partial charge in [0.25, 0.3) is 5.78 Å². The number of rotatable bonds is 4. The van der Waals surface area contributed by atoms with Gasteiger partial charge in [0.1, 0.15) is 0 Å². The van der Waals surface area contributed by atoms with Crippen molar-refractivity contribution in [2.24, 2.45) is 0 Å². The molecular formula is C13H11ClN4OS2. The number of thiophene rings is 1. The number of halogens is 1.